The number of hydrogen-bond donors (Lipinski definition) is 1. The molecular weight excluding hydrogens is 254 g/mol. The normalized spacial score (nSPS) is 14.4. The summed E-state index contributed by atoms with van der Waals surface area (Å²) in [4.78, 5) is 27.6. The molecule has 1 aromatic carbocycles. The second kappa shape index (κ2) is 5.94. The highest BCUT2D eigenvalue weighted by Crippen LogP contribution is 2.16. The van der Waals surface area contributed by atoms with Crippen LogP contribution in [0.5, 0.6) is 0 Å². The fourth-order valence-corrected chi connectivity index (χ4v) is 2.40. The molecule has 1 aliphatic heterocycles. The maximum Gasteiger partial charge on any atom is 0.256 e. The van der Waals surface area contributed by atoms with Gasteiger partial charge in [-0.1, -0.05) is 11.6 Å². The number of hydrogen-bond acceptors (Lipinski definition) is 3. The molecule has 1 fully saturated rings. The Balaban J connectivity index is 2.04. The van der Waals surface area contributed by atoms with Crippen LogP contribution >= 0.6 is 0 Å². The van der Waals surface area contributed by atoms with Crippen molar-refractivity contribution in [2.75, 3.05) is 32.4 Å². The standard InChI is InChI=1S/C15H21N3O2/c1-11-5-6-13(16)12(9-11)15(20)17(2)10-14(19)18-7-3-4-8-18/h5-6,9H,3-4,7-8,10,16H2,1-2H3. The molecule has 0 bridgehead atoms. The molecule has 0 aliphatic carbocycles. The first-order chi connectivity index (χ1) is 9.49. The lowest BCUT2D eigenvalue weighted by Crippen LogP contribution is -2.40. The Bertz CT molecular complexity index is 522. The molecule has 0 spiro atoms. The van der Waals surface area contributed by atoms with E-state index in [-0.39, 0.29) is 18.4 Å². The highest BCUT2D eigenvalue weighted by molar-refractivity contribution is 6.00. The number of carbonyl (C=O) groups is 2. The van der Waals surface area contributed by atoms with Gasteiger partial charge in [-0.15, -0.1) is 0 Å². The van der Waals surface area contributed by atoms with Crippen LogP contribution in [0.15, 0.2) is 18.2 Å². The molecule has 5 heteroatoms. The topological polar surface area (TPSA) is 66.6 Å². The van der Waals surface area contributed by atoms with Crippen molar-refractivity contribution in [1.82, 2.24) is 9.80 Å². The fraction of sp³-hybridized carbons (Fsp3) is 0.467. The predicted molar refractivity (Wildman–Crippen MR) is 78.4 cm³/mol. The van der Waals surface area contributed by atoms with Crippen LogP contribution in [-0.4, -0.2) is 48.3 Å². The summed E-state index contributed by atoms with van der Waals surface area (Å²) in [7, 11) is 1.64. The maximum atomic E-state index is 12.3. The molecule has 5 nitrogen and oxygen atoms in total. The zero-order chi connectivity index (χ0) is 14.7. The first kappa shape index (κ1) is 14.4. The Hall–Kier alpha value is -2.04. The number of anilines is 1. The molecule has 0 radical (unpaired) electrons. The third kappa shape index (κ3) is 3.10. The number of benzene rings is 1. The average Bonchev–Trinajstić information content (AvgIpc) is 2.94. The molecule has 108 valence electrons. The van der Waals surface area contributed by atoms with Crippen molar-refractivity contribution in [3.63, 3.8) is 0 Å². The number of nitrogen functional groups attached to an aromatic ring is 1. The van der Waals surface area contributed by atoms with Gasteiger partial charge in [0.25, 0.3) is 5.91 Å². The van der Waals surface area contributed by atoms with E-state index in [4.69, 9.17) is 5.73 Å². The van der Waals surface area contributed by atoms with Crippen LogP contribution in [-0.2, 0) is 4.79 Å². The van der Waals surface area contributed by atoms with Gasteiger partial charge in [0.15, 0.2) is 0 Å². The van der Waals surface area contributed by atoms with Gasteiger partial charge in [0.05, 0.1) is 12.1 Å². The number of aryl methyl sites for hydroxylation is 1. The molecule has 0 unspecified atom stereocenters. The predicted octanol–water partition coefficient (Wildman–Crippen LogP) is 1.27. The van der Waals surface area contributed by atoms with E-state index in [2.05, 4.69) is 0 Å². The lowest BCUT2D eigenvalue weighted by molar-refractivity contribution is -0.130. The van der Waals surface area contributed by atoms with E-state index in [1.165, 1.54) is 4.90 Å². The van der Waals surface area contributed by atoms with Gasteiger partial charge in [-0.3, -0.25) is 9.59 Å². The van der Waals surface area contributed by atoms with Gasteiger partial charge < -0.3 is 15.5 Å². The number of nitrogens with zero attached hydrogens (tertiary/aromatic N) is 2. The van der Waals surface area contributed by atoms with Crippen molar-refractivity contribution < 1.29 is 9.59 Å². The van der Waals surface area contributed by atoms with E-state index >= 15 is 0 Å². The summed E-state index contributed by atoms with van der Waals surface area (Å²) in [6, 6.07) is 5.34. The van der Waals surface area contributed by atoms with E-state index < -0.39 is 0 Å². The van der Waals surface area contributed by atoms with Gasteiger partial charge in [0.2, 0.25) is 5.91 Å². The zero-order valence-electron chi connectivity index (χ0n) is 12.1. The van der Waals surface area contributed by atoms with Crippen molar-refractivity contribution in [3.8, 4) is 0 Å². The second-order valence-corrected chi connectivity index (χ2v) is 5.34. The van der Waals surface area contributed by atoms with Gasteiger partial charge in [-0.25, -0.2) is 0 Å². The first-order valence-electron chi connectivity index (χ1n) is 6.88. The van der Waals surface area contributed by atoms with E-state index in [9.17, 15) is 9.59 Å². The van der Waals surface area contributed by atoms with Crippen LogP contribution in [0.3, 0.4) is 0 Å². The van der Waals surface area contributed by atoms with Gasteiger partial charge in [-0.2, -0.15) is 0 Å². The Morgan fingerprint density at radius 1 is 1.30 bits per heavy atom. The SMILES string of the molecule is Cc1ccc(N)c(C(=O)N(C)CC(=O)N2CCCC2)c1. The Labute approximate surface area is 119 Å². The summed E-state index contributed by atoms with van der Waals surface area (Å²) in [5.74, 6) is -0.205. The molecule has 20 heavy (non-hydrogen) atoms. The number of likely N-dealkylation sites (N-methyl/N-ethyl adjacent to an activating group) is 1. The minimum absolute atomic E-state index is 0.00424. The highest BCUT2D eigenvalue weighted by Gasteiger charge is 2.22. The molecule has 2 N–H and O–H groups in total. The van der Waals surface area contributed by atoms with Crippen molar-refractivity contribution in [1.29, 1.82) is 0 Å². The second-order valence-electron chi connectivity index (χ2n) is 5.34. The van der Waals surface area contributed by atoms with Gasteiger partial charge >= 0.3 is 0 Å². The minimum Gasteiger partial charge on any atom is -0.398 e. The van der Waals surface area contributed by atoms with Crippen LogP contribution in [0.2, 0.25) is 0 Å². The molecule has 1 heterocycles. The number of carbonyl (C=O) groups excluding carboxylic acids is 2. The molecule has 1 aromatic rings. The zero-order valence-corrected chi connectivity index (χ0v) is 12.1. The van der Waals surface area contributed by atoms with Crippen molar-refractivity contribution >= 4 is 17.5 Å². The number of likely N-dealkylation sites (tertiary alicyclic amines) is 1. The van der Waals surface area contributed by atoms with Crippen LogP contribution in [0, 0.1) is 6.92 Å². The summed E-state index contributed by atoms with van der Waals surface area (Å²) in [5, 5.41) is 0. The molecule has 2 rings (SSSR count). The summed E-state index contributed by atoms with van der Waals surface area (Å²) in [6.07, 6.45) is 2.10. The molecule has 0 aromatic heterocycles. The molecular formula is C15H21N3O2. The maximum absolute atomic E-state index is 12.3. The van der Waals surface area contributed by atoms with E-state index in [0.717, 1.165) is 31.5 Å². The van der Waals surface area contributed by atoms with Crippen molar-refractivity contribution in [3.05, 3.63) is 29.3 Å². The van der Waals surface area contributed by atoms with Crippen molar-refractivity contribution in [2.45, 2.75) is 19.8 Å². The summed E-state index contributed by atoms with van der Waals surface area (Å²) < 4.78 is 0. The van der Waals surface area contributed by atoms with Crippen LogP contribution in [0.25, 0.3) is 0 Å². The quantitative estimate of drug-likeness (QED) is 0.845. The third-order valence-electron chi connectivity index (χ3n) is 3.62. The molecule has 1 aliphatic rings. The molecule has 0 atom stereocenters. The van der Waals surface area contributed by atoms with Gasteiger partial charge in [-0.05, 0) is 31.9 Å². The fourth-order valence-electron chi connectivity index (χ4n) is 2.40. The third-order valence-corrected chi connectivity index (χ3v) is 3.62. The van der Waals surface area contributed by atoms with Gasteiger partial charge in [0.1, 0.15) is 0 Å². The molecule has 0 saturated carbocycles. The number of nitrogens with two attached hydrogens (primary N) is 1. The minimum atomic E-state index is -0.209. The summed E-state index contributed by atoms with van der Waals surface area (Å²) in [6.45, 7) is 3.61. The number of amides is 2. The summed E-state index contributed by atoms with van der Waals surface area (Å²) in [5.41, 5.74) is 7.72. The summed E-state index contributed by atoms with van der Waals surface area (Å²) >= 11 is 0. The largest absolute Gasteiger partial charge is 0.398 e. The Kier molecular flexibility index (Phi) is 4.27. The average molecular weight is 275 g/mol. The first-order valence-corrected chi connectivity index (χ1v) is 6.88. The lowest BCUT2D eigenvalue weighted by atomic mass is 10.1. The Morgan fingerprint density at radius 3 is 2.60 bits per heavy atom. The van der Waals surface area contributed by atoms with Crippen LogP contribution in [0.4, 0.5) is 5.69 Å². The van der Waals surface area contributed by atoms with E-state index in [1.54, 1.807) is 19.2 Å². The molecule has 1 saturated heterocycles. The number of rotatable bonds is 3. The van der Waals surface area contributed by atoms with Gasteiger partial charge in [0, 0.05) is 25.8 Å². The highest BCUT2D eigenvalue weighted by atomic mass is 16.2. The smallest absolute Gasteiger partial charge is 0.256 e. The van der Waals surface area contributed by atoms with Crippen molar-refractivity contribution in [2.24, 2.45) is 0 Å². The Morgan fingerprint density at radius 2 is 1.95 bits per heavy atom. The monoisotopic (exact) mass is 275 g/mol. The lowest BCUT2D eigenvalue weighted by Gasteiger charge is -2.22. The molecule has 2 amide bonds. The van der Waals surface area contributed by atoms with Crippen LogP contribution in [0.1, 0.15) is 28.8 Å². The van der Waals surface area contributed by atoms with E-state index in [0.29, 0.717) is 11.3 Å². The van der Waals surface area contributed by atoms with E-state index in [1.807, 2.05) is 17.9 Å². The van der Waals surface area contributed by atoms with Crippen LogP contribution < -0.4 is 5.73 Å².